The zero-order chi connectivity index (χ0) is 15.9. The topological polar surface area (TPSA) is 55.1 Å². The highest BCUT2D eigenvalue weighted by atomic mass is 16.2. The minimum absolute atomic E-state index is 0.145. The Labute approximate surface area is 139 Å². The molecule has 2 saturated carbocycles. The van der Waals surface area contributed by atoms with Gasteiger partial charge in [-0.2, -0.15) is 0 Å². The van der Waals surface area contributed by atoms with Crippen molar-refractivity contribution >= 4 is 5.91 Å². The molecule has 1 aromatic rings. The largest absolute Gasteiger partial charge is 0.353 e. The summed E-state index contributed by atoms with van der Waals surface area (Å²) in [6.07, 6.45) is 9.35. The second-order valence-electron chi connectivity index (χ2n) is 7.82. The van der Waals surface area contributed by atoms with Gasteiger partial charge in [0.1, 0.15) is 0 Å². The van der Waals surface area contributed by atoms with Crippen LogP contribution in [0.5, 0.6) is 0 Å². The molecule has 1 amide bonds. The third-order valence-corrected chi connectivity index (χ3v) is 6.55. The van der Waals surface area contributed by atoms with Crippen LogP contribution in [0.25, 0.3) is 0 Å². The molecule has 0 saturated heterocycles. The van der Waals surface area contributed by atoms with Crippen molar-refractivity contribution in [3.05, 3.63) is 35.4 Å². The van der Waals surface area contributed by atoms with E-state index in [0.717, 1.165) is 12.8 Å². The molecule has 2 fully saturated rings. The summed E-state index contributed by atoms with van der Waals surface area (Å²) in [5, 5.41) is 3.37. The summed E-state index contributed by atoms with van der Waals surface area (Å²) in [4.78, 5) is 12.9. The third-order valence-electron chi connectivity index (χ3n) is 6.55. The molecule has 0 heterocycles. The van der Waals surface area contributed by atoms with Crippen molar-refractivity contribution in [1.82, 2.24) is 5.32 Å². The van der Waals surface area contributed by atoms with Gasteiger partial charge < -0.3 is 11.1 Å². The molecular weight excluding hydrogens is 284 g/mol. The van der Waals surface area contributed by atoms with Gasteiger partial charge in [-0.15, -0.1) is 0 Å². The Morgan fingerprint density at radius 3 is 2.91 bits per heavy atom. The number of benzene rings is 1. The SMILES string of the molecule is NCC1CCCCC1NC(=O)C1CC12CCCc1ccccc12. The van der Waals surface area contributed by atoms with Crippen LogP contribution in [0, 0.1) is 11.8 Å². The zero-order valence-electron chi connectivity index (χ0n) is 13.9. The Morgan fingerprint density at radius 1 is 1.22 bits per heavy atom. The van der Waals surface area contributed by atoms with Crippen molar-refractivity contribution in [1.29, 1.82) is 0 Å². The quantitative estimate of drug-likeness (QED) is 0.901. The molecule has 124 valence electrons. The first kappa shape index (κ1) is 15.2. The van der Waals surface area contributed by atoms with Crippen LogP contribution in [0.1, 0.15) is 56.1 Å². The summed E-state index contributed by atoms with van der Waals surface area (Å²) in [5.74, 6) is 0.942. The first-order valence-electron chi connectivity index (χ1n) is 9.33. The normalized spacial score (nSPS) is 35.6. The smallest absolute Gasteiger partial charge is 0.224 e. The first-order chi connectivity index (χ1) is 11.2. The molecule has 1 spiro atoms. The van der Waals surface area contributed by atoms with Gasteiger partial charge in [-0.1, -0.05) is 37.1 Å². The van der Waals surface area contributed by atoms with E-state index in [-0.39, 0.29) is 17.2 Å². The molecule has 4 atom stereocenters. The number of carbonyl (C=O) groups excluding carboxylic acids is 1. The Hall–Kier alpha value is -1.35. The number of aryl methyl sites for hydroxylation is 1. The number of hydrogen-bond donors (Lipinski definition) is 2. The summed E-state index contributed by atoms with van der Waals surface area (Å²) in [6.45, 7) is 0.698. The number of carbonyl (C=O) groups is 1. The van der Waals surface area contributed by atoms with Gasteiger partial charge in [0.2, 0.25) is 5.91 Å². The highest BCUT2D eigenvalue weighted by molar-refractivity contribution is 5.85. The maximum atomic E-state index is 12.9. The van der Waals surface area contributed by atoms with E-state index in [1.54, 1.807) is 0 Å². The highest BCUT2D eigenvalue weighted by Crippen LogP contribution is 2.60. The van der Waals surface area contributed by atoms with Crippen molar-refractivity contribution in [2.45, 2.75) is 62.8 Å². The van der Waals surface area contributed by atoms with E-state index in [1.165, 1.54) is 49.7 Å². The van der Waals surface area contributed by atoms with Gasteiger partial charge in [-0.05, 0) is 62.1 Å². The van der Waals surface area contributed by atoms with E-state index < -0.39 is 0 Å². The molecule has 3 aliphatic rings. The predicted molar refractivity (Wildman–Crippen MR) is 92.1 cm³/mol. The minimum Gasteiger partial charge on any atom is -0.353 e. The standard InChI is InChI=1S/C20H28N2O/c21-13-15-7-2-4-10-18(15)22-19(23)17-12-20(17)11-5-8-14-6-1-3-9-16(14)20/h1,3,6,9,15,17-18H,2,4-5,7-8,10-13,21H2,(H,22,23). The van der Waals surface area contributed by atoms with Crippen LogP contribution < -0.4 is 11.1 Å². The van der Waals surface area contributed by atoms with Gasteiger partial charge in [0.15, 0.2) is 0 Å². The maximum absolute atomic E-state index is 12.9. The van der Waals surface area contributed by atoms with Gasteiger partial charge in [-0.3, -0.25) is 4.79 Å². The molecule has 4 rings (SSSR count). The van der Waals surface area contributed by atoms with Crippen molar-refractivity contribution in [3.8, 4) is 0 Å². The lowest BCUT2D eigenvalue weighted by atomic mass is 9.78. The van der Waals surface area contributed by atoms with Crippen LogP contribution in [0.15, 0.2) is 24.3 Å². The average Bonchev–Trinajstić information content (AvgIpc) is 3.31. The third kappa shape index (κ3) is 2.59. The van der Waals surface area contributed by atoms with Crippen LogP contribution in [-0.4, -0.2) is 18.5 Å². The molecule has 0 aliphatic heterocycles. The van der Waals surface area contributed by atoms with E-state index in [1.807, 2.05) is 0 Å². The number of fused-ring (bicyclic) bond motifs is 2. The average molecular weight is 312 g/mol. The van der Waals surface area contributed by atoms with Crippen LogP contribution in [-0.2, 0) is 16.6 Å². The van der Waals surface area contributed by atoms with Gasteiger partial charge in [-0.25, -0.2) is 0 Å². The fourth-order valence-electron chi connectivity index (χ4n) is 5.14. The van der Waals surface area contributed by atoms with Crippen molar-refractivity contribution < 1.29 is 4.79 Å². The maximum Gasteiger partial charge on any atom is 0.224 e. The van der Waals surface area contributed by atoms with E-state index in [2.05, 4.69) is 29.6 Å². The summed E-state index contributed by atoms with van der Waals surface area (Å²) < 4.78 is 0. The summed E-state index contributed by atoms with van der Waals surface area (Å²) in [5.41, 5.74) is 8.97. The van der Waals surface area contributed by atoms with E-state index in [4.69, 9.17) is 5.73 Å². The number of nitrogens with two attached hydrogens (primary N) is 1. The molecule has 3 heteroatoms. The summed E-state index contributed by atoms with van der Waals surface area (Å²) in [7, 11) is 0. The Balaban J connectivity index is 1.48. The van der Waals surface area contributed by atoms with E-state index in [0.29, 0.717) is 18.5 Å². The lowest BCUT2D eigenvalue weighted by molar-refractivity contribution is -0.124. The van der Waals surface area contributed by atoms with E-state index in [9.17, 15) is 4.79 Å². The molecule has 0 bridgehead atoms. The number of nitrogens with one attached hydrogen (secondary N) is 1. The zero-order valence-corrected chi connectivity index (χ0v) is 13.9. The van der Waals surface area contributed by atoms with E-state index >= 15 is 0 Å². The van der Waals surface area contributed by atoms with Gasteiger partial charge in [0, 0.05) is 17.4 Å². The monoisotopic (exact) mass is 312 g/mol. The fourth-order valence-corrected chi connectivity index (χ4v) is 5.14. The molecule has 1 aromatic carbocycles. The second-order valence-corrected chi connectivity index (χ2v) is 7.82. The van der Waals surface area contributed by atoms with Gasteiger partial charge in [0.05, 0.1) is 0 Å². The van der Waals surface area contributed by atoms with Gasteiger partial charge in [0.25, 0.3) is 0 Å². The lowest BCUT2D eigenvalue weighted by Crippen LogP contribution is -2.46. The molecule has 23 heavy (non-hydrogen) atoms. The number of amides is 1. The molecule has 3 N–H and O–H groups in total. The summed E-state index contributed by atoms with van der Waals surface area (Å²) >= 11 is 0. The predicted octanol–water partition coefficient (Wildman–Crippen LogP) is 2.91. The Kier molecular flexibility index (Phi) is 3.92. The minimum atomic E-state index is 0.145. The molecular formula is C20H28N2O. The number of rotatable bonds is 3. The Morgan fingerprint density at radius 2 is 2.04 bits per heavy atom. The Bertz CT molecular complexity index is 599. The lowest BCUT2D eigenvalue weighted by Gasteiger charge is -2.32. The van der Waals surface area contributed by atoms with Crippen LogP contribution in [0.3, 0.4) is 0 Å². The first-order valence-corrected chi connectivity index (χ1v) is 9.33. The van der Waals surface area contributed by atoms with Crippen molar-refractivity contribution in [2.75, 3.05) is 6.54 Å². The highest BCUT2D eigenvalue weighted by Gasteiger charge is 2.60. The van der Waals surface area contributed by atoms with Crippen LogP contribution >= 0.6 is 0 Å². The van der Waals surface area contributed by atoms with Crippen LogP contribution in [0.4, 0.5) is 0 Å². The molecule has 0 radical (unpaired) electrons. The molecule has 4 unspecified atom stereocenters. The molecule has 3 aliphatic carbocycles. The molecule has 3 nitrogen and oxygen atoms in total. The fraction of sp³-hybridized carbons (Fsp3) is 0.650. The van der Waals surface area contributed by atoms with Crippen LogP contribution in [0.2, 0.25) is 0 Å². The number of hydrogen-bond acceptors (Lipinski definition) is 2. The van der Waals surface area contributed by atoms with Crippen molar-refractivity contribution in [3.63, 3.8) is 0 Å². The van der Waals surface area contributed by atoms with Crippen molar-refractivity contribution in [2.24, 2.45) is 17.6 Å². The second kappa shape index (κ2) is 5.94. The summed E-state index contributed by atoms with van der Waals surface area (Å²) in [6, 6.07) is 9.06. The molecule has 0 aromatic heterocycles. The van der Waals surface area contributed by atoms with Gasteiger partial charge >= 0.3 is 0 Å².